The van der Waals surface area contributed by atoms with Crippen molar-refractivity contribution in [1.82, 2.24) is 10.2 Å². The van der Waals surface area contributed by atoms with Gasteiger partial charge >= 0.3 is 0 Å². The number of anilines is 1. The van der Waals surface area contributed by atoms with E-state index in [2.05, 4.69) is 5.32 Å². The Bertz CT molecular complexity index is 1440. The molecule has 0 spiro atoms. The first-order chi connectivity index (χ1) is 19.6. The van der Waals surface area contributed by atoms with E-state index in [9.17, 15) is 22.4 Å². The van der Waals surface area contributed by atoms with Crippen molar-refractivity contribution < 1.29 is 31.9 Å². The molecule has 220 valence electrons. The van der Waals surface area contributed by atoms with E-state index in [0.29, 0.717) is 12.3 Å². The quantitative estimate of drug-likeness (QED) is 0.282. The van der Waals surface area contributed by atoms with Gasteiger partial charge in [0.05, 0.1) is 24.8 Å². The van der Waals surface area contributed by atoms with Crippen molar-refractivity contribution >= 4 is 27.5 Å². The van der Waals surface area contributed by atoms with E-state index < -0.39 is 40.2 Å². The third-order valence-electron chi connectivity index (χ3n) is 6.56. The average Bonchev–Trinajstić information content (AvgIpc) is 2.99. The Balaban J connectivity index is 2.06. The lowest BCUT2D eigenvalue weighted by Gasteiger charge is -2.32. The smallest absolute Gasteiger partial charge is 0.264 e. The summed E-state index contributed by atoms with van der Waals surface area (Å²) < 4.78 is 54.0. The zero-order chi connectivity index (χ0) is 30.0. The average molecular weight is 586 g/mol. The van der Waals surface area contributed by atoms with Crippen molar-refractivity contribution in [1.29, 1.82) is 0 Å². The summed E-state index contributed by atoms with van der Waals surface area (Å²) in [6, 6.07) is 17.1. The molecule has 0 radical (unpaired) electrons. The highest BCUT2D eigenvalue weighted by Gasteiger charge is 2.33. The molecule has 3 rings (SSSR count). The van der Waals surface area contributed by atoms with E-state index in [1.807, 2.05) is 6.92 Å². The molecule has 1 N–H and O–H groups in total. The monoisotopic (exact) mass is 585 g/mol. The number of hydrogen-bond donors (Lipinski definition) is 1. The van der Waals surface area contributed by atoms with Crippen LogP contribution in [0.1, 0.15) is 32.3 Å². The summed E-state index contributed by atoms with van der Waals surface area (Å²) in [7, 11) is -1.39. The van der Waals surface area contributed by atoms with Gasteiger partial charge < -0.3 is 19.7 Å². The van der Waals surface area contributed by atoms with Crippen molar-refractivity contribution in [2.45, 2.75) is 44.2 Å². The molecule has 2 amide bonds. The van der Waals surface area contributed by atoms with E-state index in [1.165, 1.54) is 74.6 Å². The minimum atomic E-state index is -4.26. The van der Waals surface area contributed by atoms with Crippen LogP contribution >= 0.6 is 0 Å². The molecule has 41 heavy (non-hydrogen) atoms. The van der Waals surface area contributed by atoms with Crippen molar-refractivity contribution in [3.63, 3.8) is 0 Å². The molecule has 3 aromatic carbocycles. The molecule has 0 aliphatic carbocycles. The van der Waals surface area contributed by atoms with Gasteiger partial charge in [-0.25, -0.2) is 12.8 Å². The Morgan fingerprint density at radius 3 is 2.24 bits per heavy atom. The third kappa shape index (κ3) is 7.75. The fraction of sp³-hybridized carbons (Fsp3) is 0.333. The summed E-state index contributed by atoms with van der Waals surface area (Å²) in [4.78, 5) is 28.1. The van der Waals surface area contributed by atoms with E-state index in [-0.39, 0.29) is 28.4 Å². The molecule has 0 saturated heterocycles. The highest BCUT2D eigenvalue weighted by Crippen LogP contribution is 2.34. The molecule has 0 unspecified atom stereocenters. The molecule has 1 atom stereocenters. The minimum absolute atomic E-state index is 0.0337. The number of carbonyl (C=O) groups excluding carboxylic acids is 2. The Hall–Kier alpha value is -4.12. The predicted molar refractivity (Wildman–Crippen MR) is 155 cm³/mol. The first kappa shape index (κ1) is 31.4. The first-order valence-corrected chi connectivity index (χ1v) is 14.7. The van der Waals surface area contributed by atoms with E-state index in [0.717, 1.165) is 17.1 Å². The maximum Gasteiger partial charge on any atom is 0.264 e. The maximum atomic E-state index is 14.6. The van der Waals surface area contributed by atoms with Crippen LogP contribution in [0.5, 0.6) is 11.5 Å². The second-order valence-electron chi connectivity index (χ2n) is 9.30. The molecule has 9 nitrogen and oxygen atoms in total. The number of unbranched alkanes of at least 4 members (excludes halogenated alkanes) is 1. The molecule has 11 heteroatoms. The molecular formula is C30H36FN3O6S. The Labute approximate surface area is 240 Å². The van der Waals surface area contributed by atoms with Crippen LogP contribution in [0, 0.1) is 5.82 Å². The fourth-order valence-corrected chi connectivity index (χ4v) is 5.58. The summed E-state index contributed by atoms with van der Waals surface area (Å²) in [6.45, 7) is 3.04. The zero-order valence-electron chi connectivity index (χ0n) is 23.7. The number of methoxy groups -OCH3 is 2. The van der Waals surface area contributed by atoms with Crippen LogP contribution in [0.15, 0.2) is 77.7 Å². The van der Waals surface area contributed by atoms with Gasteiger partial charge in [0, 0.05) is 24.7 Å². The number of nitrogens with one attached hydrogen (secondary N) is 1. The topological polar surface area (TPSA) is 105 Å². The Morgan fingerprint density at radius 1 is 0.951 bits per heavy atom. The maximum absolute atomic E-state index is 14.6. The summed E-state index contributed by atoms with van der Waals surface area (Å²) >= 11 is 0. The SMILES string of the molecule is CCCCNC(=O)[C@@H](C)N(Cc1ccccc1F)C(=O)CN(c1ccc(OC)c(OC)c1)S(=O)(=O)c1ccccc1. The van der Waals surface area contributed by atoms with Crippen LogP contribution < -0.4 is 19.1 Å². The van der Waals surface area contributed by atoms with Gasteiger partial charge in [0.2, 0.25) is 11.8 Å². The van der Waals surface area contributed by atoms with Crippen molar-refractivity contribution in [2.24, 2.45) is 0 Å². The van der Waals surface area contributed by atoms with Crippen LogP contribution in [-0.2, 0) is 26.2 Å². The van der Waals surface area contributed by atoms with Gasteiger partial charge in [-0.05, 0) is 43.7 Å². The predicted octanol–water partition coefficient (Wildman–Crippen LogP) is 4.37. The molecule has 0 saturated carbocycles. The number of rotatable bonds is 14. The largest absolute Gasteiger partial charge is 0.493 e. The standard InChI is InChI=1S/C30H36FN3O6S/c1-5-6-18-32-30(36)22(2)33(20-23-12-10-11-15-26(23)31)29(35)21-34(41(37,38)25-13-8-7-9-14-25)24-16-17-27(39-3)28(19-24)40-4/h7-17,19,22H,5-6,18,20-21H2,1-4H3,(H,32,36)/t22-/m1/s1. The number of benzene rings is 3. The highest BCUT2D eigenvalue weighted by molar-refractivity contribution is 7.92. The van der Waals surface area contributed by atoms with Gasteiger partial charge in [-0.15, -0.1) is 0 Å². The van der Waals surface area contributed by atoms with Crippen LogP contribution in [0.3, 0.4) is 0 Å². The molecule has 3 aromatic rings. The number of amides is 2. The van der Waals surface area contributed by atoms with Gasteiger partial charge in [0.1, 0.15) is 18.4 Å². The summed E-state index contributed by atoms with van der Waals surface area (Å²) in [5.41, 5.74) is 0.336. The van der Waals surface area contributed by atoms with Crippen molar-refractivity contribution in [3.8, 4) is 11.5 Å². The normalized spacial score (nSPS) is 11.8. The molecular weight excluding hydrogens is 549 g/mol. The first-order valence-electron chi connectivity index (χ1n) is 13.2. The van der Waals surface area contributed by atoms with Crippen LogP contribution in [0.25, 0.3) is 0 Å². The molecule has 0 aliphatic heterocycles. The van der Waals surface area contributed by atoms with Gasteiger partial charge in [0.15, 0.2) is 11.5 Å². The van der Waals surface area contributed by atoms with Gasteiger partial charge in [-0.2, -0.15) is 0 Å². The second-order valence-corrected chi connectivity index (χ2v) is 11.2. The number of carbonyl (C=O) groups is 2. The van der Waals surface area contributed by atoms with Gasteiger partial charge in [0.25, 0.3) is 10.0 Å². The highest BCUT2D eigenvalue weighted by atomic mass is 32.2. The number of sulfonamides is 1. The van der Waals surface area contributed by atoms with E-state index in [1.54, 1.807) is 24.3 Å². The number of hydrogen-bond acceptors (Lipinski definition) is 6. The van der Waals surface area contributed by atoms with Crippen LogP contribution in [0.2, 0.25) is 0 Å². The van der Waals surface area contributed by atoms with Crippen LogP contribution in [0.4, 0.5) is 10.1 Å². The molecule has 0 aromatic heterocycles. The minimum Gasteiger partial charge on any atom is -0.493 e. The number of ether oxygens (including phenoxy) is 2. The van der Waals surface area contributed by atoms with Crippen molar-refractivity contribution in [3.05, 3.63) is 84.2 Å². The van der Waals surface area contributed by atoms with Crippen LogP contribution in [-0.4, -0.2) is 58.5 Å². The Kier molecular flexibility index (Phi) is 11.1. The lowest BCUT2D eigenvalue weighted by atomic mass is 10.1. The van der Waals surface area contributed by atoms with E-state index in [4.69, 9.17) is 9.47 Å². The summed E-state index contributed by atoms with van der Waals surface area (Å²) in [5, 5.41) is 2.80. The number of halogens is 1. The van der Waals surface area contributed by atoms with Gasteiger partial charge in [-0.1, -0.05) is 49.7 Å². The lowest BCUT2D eigenvalue weighted by molar-refractivity contribution is -0.139. The Morgan fingerprint density at radius 2 is 1.61 bits per heavy atom. The second kappa shape index (κ2) is 14.5. The molecule has 0 bridgehead atoms. The van der Waals surface area contributed by atoms with E-state index >= 15 is 0 Å². The van der Waals surface area contributed by atoms with Gasteiger partial charge in [-0.3, -0.25) is 13.9 Å². The third-order valence-corrected chi connectivity index (χ3v) is 8.35. The summed E-state index contributed by atoms with van der Waals surface area (Å²) in [6.07, 6.45) is 1.62. The molecule has 0 fully saturated rings. The van der Waals surface area contributed by atoms with Crippen molar-refractivity contribution in [2.75, 3.05) is 31.6 Å². The molecule has 0 heterocycles. The molecule has 0 aliphatic rings. The zero-order valence-corrected chi connectivity index (χ0v) is 24.5. The summed E-state index contributed by atoms with van der Waals surface area (Å²) in [5.74, 6) is -1.03. The fourth-order valence-electron chi connectivity index (χ4n) is 4.16. The number of nitrogens with zero attached hydrogens (tertiary/aromatic N) is 2. The lowest BCUT2D eigenvalue weighted by Crippen LogP contribution is -2.51.